The van der Waals surface area contributed by atoms with E-state index in [-0.39, 0.29) is 5.92 Å². The first kappa shape index (κ1) is 13.4. The van der Waals surface area contributed by atoms with Crippen molar-refractivity contribution in [1.82, 2.24) is 4.90 Å². The van der Waals surface area contributed by atoms with Crippen LogP contribution in [0.4, 0.5) is 0 Å². The molecule has 3 rings (SSSR count). The molecule has 3 aliphatic rings. The van der Waals surface area contributed by atoms with Gasteiger partial charge in [-0.05, 0) is 44.6 Å². The summed E-state index contributed by atoms with van der Waals surface area (Å²) in [6.45, 7) is 1.16. The number of carboxylic acid groups (broad SMARTS) is 1. The fraction of sp³-hybridized carbons (Fsp3) is 0.938. The van der Waals surface area contributed by atoms with E-state index in [0.29, 0.717) is 12.1 Å². The second-order valence-corrected chi connectivity index (χ2v) is 6.79. The quantitative estimate of drug-likeness (QED) is 0.779. The third-order valence-corrected chi connectivity index (χ3v) is 5.78. The summed E-state index contributed by atoms with van der Waals surface area (Å²) in [5.41, 5.74) is 0. The molecule has 3 nitrogen and oxygen atoms in total. The molecule has 1 N–H and O–H groups in total. The Morgan fingerprint density at radius 3 is 2.37 bits per heavy atom. The molecule has 0 aromatic heterocycles. The van der Waals surface area contributed by atoms with Gasteiger partial charge in [0.15, 0.2) is 0 Å². The molecule has 0 aromatic rings. The lowest BCUT2D eigenvalue weighted by atomic mass is 9.84. The molecule has 0 spiro atoms. The molecule has 2 aliphatic carbocycles. The van der Waals surface area contributed by atoms with Crippen LogP contribution in [0.25, 0.3) is 0 Å². The average Bonchev–Trinajstić information content (AvgIpc) is 2.67. The van der Waals surface area contributed by atoms with E-state index in [1.54, 1.807) is 0 Å². The molecule has 0 radical (unpaired) electrons. The van der Waals surface area contributed by atoms with Crippen molar-refractivity contribution in [3.63, 3.8) is 0 Å². The van der Waals surface area contributed by atoms with Gasteiger partial charge >= 0.3 is 5.97 Å². The van der Waals surface area contributed by atoms with Gasteiger partial charge in [-0.25, -0.2) is 0 Å². The van der Waals surface area contributed by atoms with Crippen molar-refractivity contribution in [2.75, 3.05) is 6.54 Å². The number of likely N-dealkylation sites (tertiary alicyclic amines) is 1. The van der Waals surface area contributed by atoms with Crippen LogP contribution in [0, 0.1) is 11.8 Å². The summed E-state index contributed by atoms with van der Waals surface area (Å²) in [5, 5.41) is 9.56. The van der Waals surface area contributed by atoms with Gasteiger partial charge in [-0.15, -0.1) is 0 Å². The molecular weight excluding hydrogens is 238 g/mol. The molecule has 1 heterocycles. The highest BCUT2D eigenvalue weighted by molar-refractivity contribution is 5.71. The lowest BCUT2D eigenvalue weighted by Gasteiger charge is -2.39. The van der Waals surface area contributed by atoms with Crippen molar-refractivity contribution in [3.05, 3.63) is 0 Å². The minimum Gasteiger partial charge on any atom is -0.481 e. The topological polar surface area (TPSA) is 40.5 Å². The number of rotatable bonds is 2. The van der Waals surface area contributed by atoms with Crippen LogP contribution in [-0.4, -0.2) is 34.6 Å². The SMILES string of the molecule is O=C(O)C1CCCCCC1N1CCC2CCCCC21. The summed E-state index contributed by atoms with van der Waals surface area (Å²) < 4.78 is 0. The first-order valence-electron chi connectivity index (χ1n) is 8.26. The molecular formula is C16H27NO2. The van der Waals surface area contributed by atoms with Gasteiger partial charge in [0.05, 0.1) is 5.92 Å². The first-order chi connectivity index (χ1) is 9.27. The maximum Gasteiger partial charge on any atom is 0.308 e. The fourth-order valence-electron chi connectivity index (χ4n) is 4.83. The number of fused-ring (bicyclic) bond motifs is 1. The predicted molar refractivity (Wildman–Crippen MR) is 75.1 cm³/mol. The van der Waals surface area contributed by atoms with Crippen molar-refractivity contribution < 1.29 is 9.90 Å². The van der Waals surface area contributed by atoms with E-state index < -0.39 is 5.97 Å². The van der Waals surface area contributed by atoms with E-state index in [1.165, 1.54) is 44.9 Å². The molecule has 3 fully saturated rings. The summed E-state index contributed by atoms with van der Waals surface area (Å²) in [4.78, 5) is 14.2. The van der Waals surface area contributed by atoms with Crippen LogP contribution >= 0.6 is 0 Å². The Kier molecular flexibility index (Phi) is 4.11. The predicted octanol–water partition coefficient (Wildman–Crippen LogP) is 3.28. The second-order valence-electron chi connectivity index (χ2n) is 6.79. The van der Waals surface area contributed by atoms with E-state index in [0.717, 1.165) is 31.7 Å². The van der Waals surface area contributed by atoms with Crippen LogP contribution in [0.15, 0.2) is 0 Å². The standard InChI is InChI=1S/C16H27NO2/c18-16(19)13-7-2-1-3-9-15(13)17-11-10-12-6-4-5-8-14(12)17/h12-15H,1-11H2,(H,18,19). The van der Waals surface area contributed by atoms with Gasteiger partial charge < -0.3 is 5.11 Å². The van der Waals surface area contributed by atoms with Gasteiger partial charge in [0.1, 0.15) is 0 Å². The van der Waals surface area contributed by atoms with E-state index in [9.17, 15) is 9.90 Å². The molecule has 3 heteroatoms. The van der Waals surface area contributed by atoms with Crippen LogP contribution in [0.1, 0.15) is 64.2 Å². The normalized spacial score (nSPS) is 40.6. The monoisotopic (exact) mass is 265 g/mol. The van der Waals surface area contributed by atoms with Gasteiger partial charge in [-0.1, -0.05) is 32.1 Å². The van der Waals surface area contributed by atoms with E-state index in [4.69, 9.17) is 0 Å². The molecule has 4 unspecified atom stereocenters. The Morgan fingerprint density at radius 1 is 0.842 bits per heavy atom. The lowest BCUT2D eigenvalue weighted by molar-refractivity contribution is -0.144. The summed E-state index contributed by atoms with van der Waals surface area (Å²) in [6.07, 6.45) is 12.3. The van der Waals surface area contributed by atoms with Crippen molar-refractivity contribution in [2.24, 2.45) is 11.8 Å². The smallest absolute Gasteiger partial charge is 0.308 e. The molecule has 108 valence electrons. The Balaban J connectivity index is 1.76. The highest BCUT2D eigenvalue weighted by Gasteiger charge is 2.43. The molecule has 0 amide bonds. The number of hydrogen-bond donors (Lipinski definition) is 1. The lowest BCUT2D eigenvalue weighted by Crippen LogP contribution is -2.47. The van der Waals surface area contributed by atoms with Crippen LogP contribution in [-0.2, 0) is 4.79 Å². The van der Waals surface area contributed by atoms with Crippen molar-refractivity contribution >= 4 is 5.97 Å². The maximum atomic E-state index is 11.6. The molecule has 1 saturated heterocycles. The van der Waals surface area contributed by atoms with E-state index >= 15 is 0 Å². The Bertz CT molecular complexity index is 331. The number of carboxylic acids is 1. The van der Waals surface area contributed by atoms with Crippen molar-refractivity contribution in [3.8, 4) is 0 Å². The zero-order valence-corrected chi connectivity index (χ0v) is 11.9. The largest absolute Gasteiger partial charge is 0.481 e. The van der Waals surface area contributed by atoms with Gasteiger partial charge in [-0.2, -0.15) is 0 Å². The summed E-state index contributed by atoms with van der Waals surface area (Å²) >= 11 is 0. The highest BCUT2D eigenvalue weighted by atomic mass is 16.4. The van der Waals surface area contributed by atoms with Gasteiger partial charge in [0.25, 0.3) is 0 Å². The minimum atomic E-state index is -0.550. The zero-order chi connectivity index (χ0) is 13.2. The average molecular weight is 265 g/mol. The third-order valence-electron chi connectivity index (χ3n) is 5.78. The number of nitrogens with zero attached hydrogens (tertiary/aromatic N) is 1. The summed E-state index contributed by atoms with van der Waals surface area (Å²) in [5.74, 6) is 0.209. The molecule has 0 bridgehead atoms. The summed E-state index contributed by atoms with van der Waals surface area (Å²) in [7, 11) is 0. The molecule has 4 atom stereocenters. The van der Waals surface area contributed by atoms with Crippen LogP contribution < -0.4 is 0 Å². The minimum absolute atomic E-state index is 0.108. The number of hydrogen-bond acceptors (Lipinski definition) is 2. The molecule has 1 aliphatic heterocycles. The van der Waals surface area contributed by atoms with Crippen LogP contribution in [0.5, 0.6) is 0 Å². The van der Waals surface area contributed by atoms with Crippen LogP contribution in [0.2, 0.25) is 0 Å². The van der Waals surface area contributed by atoms with Gasteiger partial charge in [0, 0.05) is 12.1 Å². The second kappa shape index (κ2) is 5.82. The first-order valence-corrected chi connectivity index (χ1v) is 8.26. The zero-order valence-electron chi connectivity index (χ0n) is 11.9. The third kappa shape index (κ3) is 2.67. The number of carbonyl (C=O) groups is 1. The maximum absolute atomic E-state index is 11.6. The fourth-order valence-corrected chi connectivity index (χ4v) is 4.83. The van der Waals surface area contributed by atoms with Gasteiger partial charge in [0.2, 0.25) is 0 Å². The Labute approximate surface area is 116 Å². The molecule has 19 heavy (non-hydrogen) atoms. The van der Waals surface area contributed by atoms with Gasteiger partial charge in [-0.3, -0.25) is 9.69 Å². The highest BCUT2D eigenvalue weighted by Crippen LogP contribution is 2.40. The van der Waals surface area contributed by atoms with E-state index in [1.807, 2.05) is 0 Å². The molecule has 0 aromatic carbocycles. The van der Waals surface area contributed by atoms with E-state index in [2.05, 4.69) is 4.90 Å². The van der Waals surface area contributed by atoms with Crippen molar-refractivity contribution in [2.45, 2.75) is 76.3 Å². The Hall–Kier alpha value is -0.570. The number of aliphatic carboxylic acids is 1. The Morgan fingerprint density at radius 2 is 1.53 bits per heavy atom. The molecule has 2 saturated carbocycles. The summed E-state index contributed by atoms with van der Waals surface area (Å²) in [6, 6.07) is 1.03. The van der Waals surface area contributed by atoms with Crippen molar-refractivity contribution in [1.29, 1.82) is 0 Å². The van der Waals surface area contributed by atoms with Crippen LogP contribution in [0.3, 0.4) is 0 Å².